The van der Waals surface area contributed by atoms with Crippen LogP contribution in [0.5, 0.6) is 5.75 Å². The summed E-state index contributed by atoms with van der Waals surface area (Å²) in [5.74, 6) is 0.117. The standard InChI is InChI=1S/C21H15N3O2S/c1-13-18-11-19(27-20(18)24(2)23-13)21(25)26-17-9-7-16(8-10-17)15-5-3-14(12-22)4-6-15/h3-11H,1-2H3. The third kappa shape index (κ3) is 3.21. The summed E-state index contributed by atoms with van der Waals surface area (Å²) in [4.78, 5) is 14.0. The maximum atomic E-state index is 12.5. The van der Waals surface area contributed by atoms with Gasteiger partial charge < -0.3 is 4.74 Å². The average molecular weight is 373 g/mol. The highest BCUT2D eigenvalue weighted by atomic mass is 32.1. The van der Waals surface area contributed by atoms with E-state index in [9.17, 15) is 4.79 Å². The Morgan fingerprint density at radius 1 is 1.11 bits per heavy atom. The first-order valence-corrected chi connectivity index (χ1v) is 9.13. The topological polar surface area (TPSA) is 67.9 Å². The number of hydrogen-bond acceptors (Lipinski definition) is 5. The molecule has 0 aliphatic rings. The minimum Gasteiger partial charge on any atom is -0.422 e. The lowest BCUT2D eigenvalue weighted by Crippen LogP contribution is -2.06. The van der Waals surface area contributed by atoms with Gasteiger partial charge in [0, 0.05) is 12.4 Å². The van der Waals surface area contributed by atoms with Gasteiger partial charge in [0.05, 0.1) is 17.3 Å². The number of benzene rings is 2. The van der Waals surface area contributed by atoms with Crippen LogP contribution in [0.2, 0.25) is 0 Å². The fourth-order valence-corrected chi connectivity index (χ4v) is 3.92. The van der Waals surface area contributed by atoms with Crippen LogP contribution in [0.3, 0.4) is 0 Å². The zero-order chi connectivity index (χ0) is 19.0. The minimum absolute atomic E-state index is 0.373. The van der Waals surface area contributed by atoms with E-state index >= 15 is 0 Å². The molecular formula is C21H15N3O2S. The van der Waals surface area contributed by atoms with Gasteiger partial charge in [-0.1, -0.05) is 24.3 Å². The van der Waals surface area contributed by atoms with Crippen molar-refractivity contribution < 1.29 is 9.53 Å². The molecule has 0 amide bonds. The maximum Gasteiger partial charge on any atom is 0.353 e. The quantitative estimate of drug-likeness (QED) is 0.385. The van der Waals surface area contributed by atoms with E-state index in [-0.39, 0.29) is 5.97 Å². The monoisotopic (exact) mass is 373 g/mol. The number of ether oxygens (including phenoxy) is 1. The molecule has 0 fully saturated rings. The van der Waals surface area contributed by atoms with Crippen LogP contribution < -0.4 is 4.74 Å². The van der Waals surface area contributed by atoms with E-state index in [1.165, 1.54) is 11.3 Å². The summed E-state index contributed by atoms with van der Waals surface area (Å²) in [6.07, 6.45) is 0. The summed E-state index contributed by atoms with van der Waals surface area (Å²) in [7, 11) is 1.86. The number of aryl methyl sites for hydroxylation is 2. The second kappa shape index (κ2) is 6.71. The van der Waals surface area contributed by atoms with Gasteiger partial charge in [-0.15, -0.1) is 11.3 Å². The molecule has 5 nitrogen and oxygen atoms in total. The Bertz CT molecular complexity index is 1140. The number of hydrogen-bond donors (Lipinski definition) is 0. The Morgan fingerprint density at radius 2 is 1.74 bits per heavy atom. The molecule has 0 bridgehead atoms. The summed E-state index contributed by atoms with van der Waals surface area (Å²) in [5.41, 5.74) is 3.51. The van der Waals surface area contributed by atoms with Crippen LogP contribution in [0.4, 0.5) is 0 Å². The second-order valence-electron chi connectivity index (χ2n) is 6.14. The van der Waals surface area contributed by atoms with Gasteiger partial charge in [0.2, 0.25) is 0 Å². The number of aromatic nitrogens is 2. The molecular weight excluding hydrogens is 358 g/mol. The van der Waals surface area contributed by atoms with Crippen molar-refractivity contribution in [3.8, 4) is 22.9 Å². The van der Waals surface area contributed by atoms with Gasteiger partial charge in [-0.3, -0.25) is 4.68 Å². The second-order valence-corrected chi connectivity index (χ2v) is 7.17. The molecule has 4 rings (SSSR count). The van der Waals surface area contributed by atoms with Crippen molar-refractivity contribution in [2.24, 2.45) is 7.05 Å². The minimum atomic E-state index is -0.373. The summed E-state index contributed by atoms with van der Waals surface area (Å²) in [6.45, 7) is 1.92. The van der Waals surface area contributed by atoms with E-state index < -0.39 is 0 Å². The Kier molecular flexibility index (Phi) is 4.22. The fourth-order valence-electron chi connectivity index (χ4n) is 2.92. The van der Waals surface area contributed by atoms with Gasteiger partial charge in [0.1, 0.15) is 15.5 Å². The summed E-state index contributed by atoms with van der Waals surface area (Å²) >= 11 is 1.38. The van der Waals surface area contributed by atoms with E-state index in [0.717, 1.165) is 27.0 Å². The van der Waals surface area contributed by atoms with Crippen LogP contribution in [0.15, 0.2) is 54.6 Å². The van der Waals surface area contributed by atoms with E-state index in [4.69, 9.17) is 10.00 Å². The molecule has 0 saturated heterocycles. The lowest BCUT2D eigenvalue weighted by atomic mass is 10.0. The Labute approximate surface area is 160 Å². The van der Waals surface area contributed by atoms with E-state index in [1.54, 1.807) is 28.9 Å². The van der Waals surface area contributed by atoms with Crippen LogP contribution in [0, 0.1) is 18.3 Å². The van der Waals surface area contributed by atoms with Crippen molar-refractivity contribution in [3.05, 3.63) is 70.7 Å². The molecule has 0 saturated carbocycles. The largest absolute Gasteiger partial charge is 0.422 e. The van der Waals surface area contributed by atoms with Gasteiger partial charge in [-0.05, 0) is 48.4 Å². The van der Waals surface area contributed by atoms with Gasteiger partial charge in [-0.25, -0.2) is 4.79 Å². The van der Waals surface area contributed by atoms with Crippen LogP contribution >= 0.6 is 11.3 Å². The number of nitriles is 1. The van der Waals surface area contributed by atoms with Crippen molar-refractivity contribution >= 4 is 27.5 Å². The average Bonchev–Trinajstić information content (AvgIpc) is 3.24. The Hall–Kier alpha value is -3.43. The van der Waals surface area contributed by atoms with Crippen molar-refractivity contribution in [1.29, 1.82) is 5.26 Å². The van der Waals surface area contributed by atoms with Crippen molar-refractivity contribution in [2.75, 3.05) is 0 Å². The smallest absolute Gasteiger partial charge is 0.353 e. The first-order valence-electron chi connectivity index (χ1n) is 8.31. The number of thiophene rings is 1. The molecule has 4 aromatic rings. The number of carbonyl (C=O) groups is 1. The lowest BCUT2D eigenvalue weighted by molar-refractivity contribution is 0.0740. The molecule has 2 aromatic heterocycles. The van der Waals surface area contributed by atoms with Crippen molar-refractivity contribution in [1.82, 2.24) is 9.78 Å². The first kappa shape index (κ1) is 17.0. The van der Waals surface area contributed by atoms with Crippen LogP contribution in [-0.2, 0) is 7.05 Å². The predicted molar refractivity (Wildman–Crippen MR) is 105 cm³/mol. The zero-order valence-corrected chi connectivity index (χ0v) is 15.6. The number of carbonyl (C=O) groups excluding carboxylic acids is 1. The lowest BCUT2D eigenvalue weighted by Gasteiger charge is -2.05. The van der Waals surface area contributed by atoms with Gasteiger partial charge in [-0.2, -0.15) is 10.4 Å². The molecule has 0 spiro atoms. The van der Waals surface area contributed by atoms with Crippen molar-refractivity contribution in [3.63, 3.8) is 0 Å². The molecule has 0 atom stereocenters. The van der Waals surface area contributed by atoms with Crippen molar-refractivity contribution in [2.45, 2.75) is 6.92 Å². The van der Waals surface area contributed by atoms with Crippen LogP contribution in [-0.4, -0.2) is 15.7 Å². The highest BCUT2D eigenvalue weighted by Gasteiger charge is 2.16. The summed E-state index contributed by atoms with van der Waals surface area (Å²) < 4.78 is 7.28. The highest BCUT2D eigenvalue weighted by molar-refractivity contribution is 7.20. The molecule has 2 heterocycles. The third-order valence-electron chi connectivity index (χ3n) is 4.31. The zero-order valence-electron chi connectivity index (χ0n) is 14.8. The molecule has 0 aliphatic carbocycles. The highest BCUT2D eigenvalue weighted by Crippen LogP contribution is 2.29. The fraction of sp³-hybridized carbons (Fsp3) is 0.0952. The van der Waals surface area contributed by atoms with Gasteiger partial charge >= 0.3 is 5.97 Å². The number of esters is 1. The van der Waals surface area contributed by atoms with Crippen LogP contribution in [0.25, 0.3) is 21.3 Å². The molecule has 0 radical (unpaired) electrons. The molecule has 6 heteroatoms. The molecule has 2 aromatic carbocycles. The first-order chi connectivity index (χ1) is 13.0. The van der Waals surface area contributed by atoms with Crippen LogP contribution in [0.1, 0.15) is 20.9 Å². The summed E-state index contributed by atoms with van der Waals surface area (Å²) in [5, 5.41) is 14.2. The van der Waals surface area contributed by atoms with E-state index in [2.05, 4.69) is 11.2 Å². The Morgan fingerprint density at radius 3 is 2.33 bits per heavy atom. The normalized spacial score (nSPS) is 10.7. The Balaban J connectivity index is 1.52. The summed E-state index contributed by atoms with van der Waals surface area (Å²) in [6, 6.07) is 18.6. The van der Waals surface area contributed by atoms with Gasteiger partial charge in [0.15, 0.2) is 0 Å². The molecule has 0 N–H and O–H groups in total. The number of fused-ring (bicyclic) bond motifs is 1. The SMILES string of the molecule is Cc1nn(C)c2sc(C(=O)Oc3ccc(-c4ccc(C#N)cc4)cc3)cc12. The molecule has 0 aliphatic heterocycles. The van der Waals surface area contributed by atoms with E-state index in [1.807, 2.05) is 44.3 Å². The molecule has 27 heavy (non-hydrogen) atoms. The third-order valence-corrected chi connectivity index (χ3v) is 5.49. The maximum absolute atomic E-state index is 12.5. The number of nitrogens with zero attached hydrogens (tertiary/aromatic N) is 3. The predicted octanol–water partition coefficient (Wildman–Crippen LogP) is 4.70. The molecule has 132 valence electrons. The van der Waals surface area contributed by atoms with E-state index in [0.29, 0.717) is 16.2 Å². The number of rotatable bonds is 3. The van der Waals surface area contributed by atoms with Gasteiger partial charge in [0.25, 0.3) is 0 Å². The molecule has 0 unspecified atom stereocenters.